The number of nitrogens with one attached hydrogen (secondary N) is 1. The summed E-state index contributed by atoms with van der Waals surface area (Å²) in [7, 11) is -3.67. The Morgan fingerprint density at radius 3 is 2.48 bits per heavy atom. The molecule has 3 rings (SSSR count). The Bertz CT molecular complexity index is 1090. The van der Waals surface area contributed by atoms with Crippen LogP contribution < -0.4 is 10.2 Å². The Kier molecular flexibility index (Phi) is 6.73. The molecule has 1 atom stereocenters. The molecule has 1 heterocycles. The van der Waals surface area contributed by atoms with Gasteiger partial charge >= 0.3 is 0 Å². The molecular weight excluding hydrogens is 438 g/mol. The molecule has 0 radical (unpaired) electrons. The van der Waals surface area contributed by atoms with Crippen LogP contribution in [0.3, 0.4) is 0 Å². The van der Waals surface area contributed by atoms with Gasteiger partial charge in [-0.15, -0.1) is 0 Å². The Labute approximate surface area is 188 Å². The number of piperazine rings is 1. The highest BCUT2D eigenvalue weighted by Crippen LogP contribution is 2.33. The first kappa shape index (κ1) is 23.2. The van der Waals surface area contributed by atoms with Gasteiger partial charge in [0.05, 0.1) is 12.3 Å². The van der Waals surface area contributed by atoms with Gasteiger partial charge in [-0.2, -0.15) is 4.31 Å². The highest BCUT2D eigenvalue weighted by Gasteiger charge is 2.50. The third-order valence-corrected chi connectivity index (χ3v) is 7.68. The maximum absolute atomic E-state index is 13.4. The van der Waals surface area contributed by atoms with Crippen molar-refractivity contribution >= 4 is 39.1 Å². The summed E-state index contributed by atoms with van der Waals surface area (Å²) < 4.78 is 26.2. The Morgan fingerprint density at radius 2 is 1.87 bits per heavy atom. The minimum absolute atomic E-state index is 0.152. The largest absolute Gasteiger partial charge is 0.350 e. The summed E-state index contributed by atoms with van der Waals surface area (Å²) in [4.78, 5) is 27.9. The first-order valence-electron chi connectivity index (χ1n) is 9.98. The van der Waals surface area contributed by atoms with Crippen LogP contribution in [0.25, 0.3) is 0 Å². The smallest absolute Gasteiger partial charge is 0.247 e. The fourth-order valence-electron chi connectivity index (χ4n) is 3.64. The molecule has 31 heavy (non-hydrogen) atoms. The summed E-state index contributed by atoms with van der Waals surface area (Å²) in [6, 6.07) is 14.5. The van der Waals surface area contributed by atoms with Gasteiger partial charge in [-0.25, -0.2) is 8.42 Å². The van der Waals surface area contributed by atoms with Crippen LogP contribution >= 0.6 is 11.6 Å². The van der Waals surface area contributed by atoms with Crippen LogP contribution in [0.4, 0.5) is 5.69 Å². The Hall–Kier alpha value is -2.42. The van der Waals surface area contributed by atoms with E-state index in [4.69, 9.17) is 11.6 Å². The van der Waals surface area contributed by atoms with Gasteiger partial charge in [0, 0.05) is 23.8 Å². The van der Waals surface area contributed by atoms with E-state index in [0.717, 1.165) is 15.4 Å². The van der Waals surface area contributed by atoms with Crippen LogP contribution in [0.5, 0.6) is 0 Å². The van der Waals surface area contributed by atoms with Crippen molar-refractivity contribution in [1.29, 1.82) is 0 Å². The average molecular weight is 464 g/mol. The zero-order valence-corrected chi connectivity index (χ0v) is 19.3. The molecule has 7 nitrogen and oxygen atoms in total. The van der Waals surface area contributed by atoms with E-state index in [0.29, 0.717) is 10.7 Å². The molecule has 0 bridgehead atoms. The van der Waals surface area contributed by atoms with E-state index < -0.39 is 27.4 Å². The lowest BCUT2D eigenvalue weighted by Gasteiger charge is -2.46. The predicted molar refractivity (Wildman–Crippen MR) is 121 cm³/mol. The number of aryl methyl sites for hydroxylation is 1. The summed E-state index contributed by atoms with van der Waals surface area (Å²) >= 11 is 6.27. The van der Waals surface area contributed by atoms with Crippen molar-refractivity contribution in [2.75, 3.05) is 23.7 Å². The molecule has 0 saturated carbocycles. The summed E-state index contributed by atoms with van der Waals surface area (Å²) in [5.74, 6) is -1.09. The predicted octanol–water partition coefficient (Wildman–Crippen LogP) is 2.72. The number of hydrogen-bond donors (Lipinski definition) is 1. The molecule has 2 aromatic carbocycles. The molecule has 1 aliphatic rings. The number of sulfonamides is 1. The van der Waals surface area contributed by atoms with E-state index in [1.54, 1.807) is 25.1 Å². The van der Waals surface area contributed by atoms with Gasteiger partial charge in [0.15, 0.2) is 0 Å². The van der Waals surface area contributed by atoms with Gasteiger partial charge in [0.1, 0.15) is 5.54 Å². The SMILES string of the molecule is CCS(=O)(=O)N1CC(=O)N(c2ccc(C)c(Cl)c2)C(C)(C(=O)NCc2ccccc2)C1. The molecular formula is C22H26ClN3O4S. The van der Waals surface area contributed by atoms with Gasteiger partial charge in [-0.3, -0.25) is 14.5 Å². The van der Waals surface area contributed by atoms with E-state index in [1.165, 1.54) is 11.8 Å². The maximum atomic E-state index is 13.4. The number of anilines is 1. The third kappa shape index (κ3) is 4.76. The quantitative estimate of drug-likeness (QED) is 0.713. The zero-order valence-electron chi connectivity index (χ0n) is 17.8. The average Bonchev–Trinajstić information content (AvgIpc) is 2.74. The molecule has 1 aliphatic heterocycles. The Morgan fingerprint density at radius 1 is 1.19 bits per heavy atom. The van der Waals surface area contributed by atoms with Crippen molar-refractivity contribution in [3.05, 3.63) is 64.7 Å². The van der Waals surface area contributed by atoms with Crippen LogP contribution in [0, 0.1) is 6.92 Å². The van der Waals surface area contributed by atoms with Gasteiger partial charge in [0.25, 0.3) is 0 Å². The first-order valence-corrected chi connectivity index (χ1v) is 12.0. The second-order valence-electron chi connectivity index (χ2n) is 7.77. The van der Waals surface area contributed by atoms with Crippen molar-refractivity contribution < 1.29 is 18.0 Å². The minimum Gasteiger partial charge on any atom is -0.350 e. The van der Waals surface area contributed by atoms with E-state index in [2.05, 4.69) is 5.32 Å². The fraction of sp³-hybridized carbons (Fsp3) is 0.364. The Balaban J connectivity index is 1.99. The normalized spacial score (nSPS) is 20.0. The lowest BCUT2D eigenvalue weighted by molar-refractivity contribution is -0.133. The standard InChI is InChI=1S/C22H26ClN3O4S/c1-4-31(29,30)25-14-20(27)26(18-11-10-16(2)19(23)12-18)22(3,15-25)21(28)24-13-17-8-6-5-7-9-17/h5-12H,4,13-15H2,1-3H3,(H,24,28). The highest BCUT2D eigenvalue weighted by molar-refractivity contribution is 7.89. The molecule has 1 unspecified atom stereocenters. The molecule has 0 aromatic heterocycles. The second kappa shape index (κ2) is 8.98. The molecule has 2 amide bonds. The van der Waals surface area contributed by atoms with E-state index in [1.807, 2.05) is 37.3 Å². The molecule has 0 spiro atoms. The monoisotopic (exact) mass is 463 g/mol. The van der Waals surface area contributed by atoms with Crippen LogP contribution in [-0.2, 0) is 26.2 Å². The molecule has 0 aliphatic carbocycles. The molecule has 9 heteroatoms. The second-order valence-corrected chi connectivity index (χ2v) is 10.4. The summed E-state index contributed by atoms with van der Waals surface area (Å²) in [5, 5.41) is 3.32. The van der Waals surface area contributed by atoms with Gasteiger partial charge in [-0.1, -0.05) is 48.0 Å². The zero-order chi connectivity index (χ0) is 22.8. The number of benzene rings is 2. The van der Waals surface area contributed by atoms with Crippen molar-refractivity contribution in [2.24, 2.45) is 0 Å². The molecule has 1 saturated heterocycles. The molecule has 1 fully saturated rings. The third-order valence-electron chi connectivity index (χ3n) is 5.50. The minimum atomic E-state index is -3.67. The molecule has 2 aromatic rings. The van der Waals surface area contributed by atoms with Gasteiger partial charge < -0.3 is 5.32 Å². The highest BCUT2D eigenvalue weighted by atomic mass is 35.5. The van der Waals surface area contributed by atoms with Crippen molar-refractivity contribution in [2.45, 2.75) is 32.9 Å². The number of hydrogen-bond acceptors (Lipinski definition) is 4. The topological polar surface area (TPSA) is 86.8 Å². The first-order chi connectivity index (χ1) is 14.6. The lowest BCUT2D eigenvalue weighted by Crippen LogP contribution is -2.70. The maximum Gasteiger partial charge on any atom is 0.247 e. The van der Waals surface area contributed by atoms with E-state index >= 15 is 0 Å². The van der Waals surface area contributed by atoms with Crippen LogP contribution in [0.2, 0.25) is 5.02 Å². The van der Waals surface area contributed by atoms with Crippen molar-refractivity contribution in [1.82, 2.24) is 9.62 Å². The number of carbonyl (C=O) groups excluding carboxylic acids is 2. The summed E-state index contributed by atoms with van der Waals surface area (Å²) in [6.45, 7) is 4.71. The summed E-state index contributed by atoms with van der Waals surface area (Å²) in [6.07, 6.45) is 0. The van der Waals surface area contributed by atoms with Crippen LogP contribution in [-0.4, -0.2) is 48.9 Å². The van der Waals surface area contributed by atoms with Crippen LogP contribution in [0.15, 0.2) is 48.5 Å². The van der Waals surface area contributed by atoms with Gasteiger partial charge in [-0.05, 0) is 44.0 Å². The number of halogens is 1. The fourth-order valence-corrected chi connectivity index (χ4v) is 4.93. The van der Waals surface area contributed by atoms with Gasteiger partial charge in [0.2, 0.25) is 21.8 Å². The number of nitrogens with zero attached hydrogens (tertiary/aromatic N) is 2. The lowest BCUT2D eigenvalue weighted by atomic mass is 9.94. The molecule has 166 valence electrons. The van der Waals surface area contributed by atoms with E-state index in [9.17, 15) is 18.0 Å². The molecule has 1 N–H and O–H groups in total. The van der Waals surface area contributed by atoms with Crippen LogP contribution in [0.1, 0.15) is 25.0 Å². The number of carbonyl (C=O) groups is 2. The van der Waals surface area contributed by atoms with E-state index in [-0.39, 0.29) is 25.4 Å². The summed E-state index contributed by atoms with van der Waals surface area (Å²) in [5.41, 5.74) is 0.724. The number of rotatable bonds is 6. The number of amides is 2. The van der Waals surface area contributed by atoms with Crippen molar-refractivity contribution in [3.8, 4) is 0 Å². The van der Waals surface area contributed by atoms with Crippen molar-refractivity contribution in [3.63, 3.8) is 0 Å².